The number of hydrogen-bond donors (Lipinski definition) is 2. The van der Waals surface area contributed by atoms with Crippen molar-refractivity contribution in [1.82, 2.24) is 24.8 Å². The number of nitro benzene ring substituents is 1. The SMILES string of the molecule is O=C(C1CCC(Nc2ncc3ncnc(Nc4cccc([N+](=O)[O-])c4)c3n2)CC1)N1CCCC1. The maximum absolute atomic E-state index is 12.7. The minimum Gasteiger partial charge on any atom is -0.351 e. The lowest BCUT2D eigenvalue weighted by atomic mass is 9.85. The van der Waals surface area contributed by atoms with Gasteiger partial charge in [-0.2, -0.15) is 0 Å². The second-order valence-electron chi connectivity index (χ2n) is 8.81. The number of aromatic nitrogens is 4. The number of carbonyl (C=O) groups is 1. The van der Waals surface area contributed by atoms with Crippen molar-refractivity contribution in [2.24, 2.45) is 5.92 Å². The molecule has 1 amide bonds. The zero-order valence-corrected chi connectivity index (χ0v) is 18.7. The van der Waals surface area contributed by atoms with Gasteiger partial charge in [0.15, 0.2) is 5.82 Å². The summed E-state index contributed by atoms with van der Waals surface area (Å²) in [5.74, 6) is 1.34. The van der Waals surface area contributed by atoms with Gasteiger partial charge in [-0.15, -0.1) is 0 Å². The summed E-state index contributed by atoms with van der Waals surface area (Å²) in [6.07, 6.45) is 8.76. The highest BCUT2D eigenvalue weighted by atomic mass is 16.6. The third-order valence-corrected chi connectivity index (χ3v) is 6.52. The highest BCUT2D eigenvalue weighted by Gasteiger charge is 2.30. The lowest BCUT2D eigenvalue weighted by Gasteiger charge is -2.30. The smallest absolute Gasteiger partial charge is 0.271 e. The molecule has 1 saturated heterocycles. The molecule has 2 fully saturated rings. The molecule has 5 rings (SSSR count). The Kier molecular flexibility index (Phi) is 6.15. The first-order valence-corrected chi connectivity index (χ1v) is 11.6. The highest BCUT2D eigenvalue weighted by Crippen LogP contribution is 2.29. The third kappa shape index (κ3) is 4.73. The van der Waals surface area contributed by atoms with Crippen molar-refractivity contribution >= 4 is 40.1 Å². The van der Waals surface area contributed by atoms with Gasteiger partial charge in [-0.3, -0.25) is 14.9 Å². The molecule has 34 heavy (non-hydrogen) atoms. The van der Waals surface area contributed by atoms with Gasteiger partial charge in [-0.05, 0) is 44.6 Å². The Morgan fingerprint density at radius 1 is 1.09 bits per heavy atom. The Bertz CT molecular complexity index is 1210. The van der Waals surface area contributed by atoms with Gasteiger partial charge in [-0.1, -0.05) is 6.07 Å². The Balaban J connectivity index is 1.27. The van der Waals surface area contributed by atoms with Crippen LogP contribution in [-0.2, 0) is 4.79 Å². The average Bonchev–Trinajstić information content (AvgIpc) is 3.40. The number of fused-ring (bicyclic) bond motifs is 1. The fourth-order valence-corrected chi connectivity index (χ4v) is 4.71. The van der Waals surface area contributed by atoms with Crippen LogP contribution in [0.2, 0.25) is 0 Å². The van der Waals surface area contributed by atoms with Crippen molar-refractivity contribution in [3.63, 3.8) is 0 Å². The van der Waals surface area contributed by atoms with E-state index in [-0.39, 0.29) is 17.6 Å². The summed E-state index contributed by atoms with van der Waals surface area (Å²) in [7, 11) is 0. The molecule has 1 aliphatic carbocycles. The van der Waals surface area contributed by atoms with Gasteiger partial charge >= 0.3 is 0 Å². The van der Waals surface area contributed by atoms with E-state index in [9.17, 15) is 14.9 Å². The van der Waals surface area contributed by atoms with Crippen LogP contribution in [0.5, 0.6) is 0 Å². The first-order chi connectivity index (χ1) is 16.6. The summed E-state index contributed by atoms with van der Waals surface area (Å²) in [5.41, 5.74) is 1.60. The number of amides is 1. The molecule has 0 atom stereocenters. The number of nitrogens with one attached hydrogen (secondary N) is 2. The van der Waals surface area contributed by atoms with Gasteiger partial charge in [0, 0.05) is 42.9 Å². The molecule has 1 aliphatic heterocycles. The summed E-state index contributed by atoms with van der Waals surface area (Å²) in [6, 6.07) is 6.40. The quantitative estimate of drug-likeness (QED) is 0.415. The van der Waals surface area contributed by atoms with Crippen LogP contribution in [0.15, 0.2) is 36.8 Å². The minimum absolute atomic E-state index is 0.0147. The van der Waals surface area contributed by atoms with Crippen molar-refractivity contribution in [2.75, 3.05) is 23.7 Å². The standard InChI is InChI=1S/C23H26N8O3/c32-22(30-10-1-2-11-30)15-6-8-16(9-7-15)28-23-24-13-19-20(29-23)21(26-14-25-19)27-17-4-3-5-18(12-17)31(33)34/h3-5,12-16H,1-2,6-11H2,(H,24,28,29)(H,25,26,27). The van der Waals surface area contributed by atoms with Crippen molar-refractivity contribution in [3.8, 4) is 0 Å². The summed E-state index contributed by atoms with van der Waals surface area (Å²) in [6.45, 7) is 1.80. The molecule has 2 aliphatic rings. The largest absolute Gasteiger partial charge is 0.351 e. The molecule has 0 radical (unpaired) electrons. The predicted octanol–water partition coefficient (Wildman–Crippen LogP) is 3.66. The fourth-order valence-electron chi connectivity index (χ4n) is 4.71. The van der Waals surface area contributed by atoms with Crippen LogP contribution < -0.4 is 10.6 Å². The zero-order valence-electron chi connectivity index (χ0n) is 18.7. The number of likely N-dealkylation sites (tertiary alicyclic amines) is 1. The van der Waals surface area contributed by atoms with E-state index in [2.05, 4.69) is 30.6 Å². The van der Waals surface area contributed by atoms with E-state index >= 15 is 0 Å². The van der Waals surface area contributed by atoms with E-state index in [0.717, 1.165) is 51.6 Å². The summed E-state index contributed by atoms with van der Waals surface area (Å²) < 4.78 is 0. The number of rotatable bonds is 6. The van der Waals surface area contributed by atoms with Gasteiger partial charge in [-0.25, -0.2) is 19.9 Å². The fraction of sp³-hybridized carbons (Fsp3) is 0.435. The van der Waals surface area contributed by atoms with E-state index < -0.39 is 4.92 Å². The maximum atomic E-state index is 12.7. The molecule has 1 aromatic carbocycles. The monoisotopic (exact) mass is 462 g/mol. The summed E-state index contributed by atoms with van der Waals surface area (Å²) >= 11 is 0. The van der Waals surface area contributed by atoms with E-state index in [1.807, 2.05) is 4.90 Å². The normalized spacial score (nSPS) is 20.3. The number of anilines is 3. The molecule has 2 N–H and O–H groups in total. The second-order valence-corrected chi connectivity index (χ2v) is 8.81. The molecule has 2 aromatic heterocycles. The average molecular weight is 463 g/mol. The van der Waals surface area contributed by atoms with Gasteiger partial charge in [0.1, 0.15) is 17.4 Å². The molecule has 3 aromatic rings. The summed E-state index contributed by atoms with van der Waals surface area (Å²) in [4.78, 5) is 42.9. The molecule has 0 bridgehead atoms. The number of nitro groups is 1. The van der Waals surface area contributed by atoms with Crippen molar-refractivity contribution in [1.29, 1.82) is 0 Å². The van der Waals surface area contributed by atoms with Crippen LogP contribution in [0, 0.1) is 16.0 Å². The van der Waals surface area contributed by atoms with Crippen molar-refractivity contribution in [3.05, 3.63) is 46.9 Å². The van der Waals surface area contributed by atoms with Crippen LogP contribution >= 0.6 is 0 Å². The van der Waals surface area contributed by atoms with Crippen molar-refractivity contribution in [2.45, 2.75) is 44.6 Å². The molecule has 1 saturated carbocycles. The number of carbonyl (C=O) groups excluding carboxylic acids is 1. The number of non-ortho nitro benzene ring substituents is 1. The highest BCUT2D eigenvalue weighted by molar-refractivity contribution is 5.87. The lowest BCUT2D eigenvalue weighted by Crippen LogP contribution is -2.37. The van der Waals surface area contributed by atoms with E-state index in [0.29, 0.717) is 34.4 Å². The number of benzene rings is 1. The van der Waals surface area contributed by atoms with E-state index in [1.54, 1.807) is 18.3 Å². The number of hydrogen-bond acceptors (Lipinski definition) is 9. The first-order valence-electron chi connectivity index (χ1n) is 11.6. The first kappa shape index (κ1) is 21.9. The molecular formula is C23H26N8O3. The molecule has 3 heterocycles. The van der Waals surface area contributed by atoms with Gasteiger partial charge in [0.05, 0.1) is 11.1 Å². The molecule has 0 spiro atoms. The Hall–Kier alpha value is -3.89. The van der Waals surface area contributed by atoms with Gasteiger partial charge in [0.2, 0.25) is 11.9 Å². The topological polar surface area (TPSA) is 139 Å². The third-order valence-electron chi connectivity index (χ3n) is 6.52. The van der Waals surface area contributed by atoms with E-state index in [1.165, 1.54) is 18.5 Å². The number of nitrogens with zero attached hydrogens (tertiary/aromatic N) is 6. The van der Waals surface area contributed by atoms with Crippen molar-refractivity contribution < 1.29 is 9.72 Å². The molecular weight excluding hydrogens is 436 g/mol. The predicted molar refractivity (Wildman–Crippen MR) is 127 cm³/mol. The van der Waals surface area contributed by atoms with Gasteiger partial charge in [0.25, 0.3) is 5.69 Å². The maximum Gasteiger partial charge on any atom is 0.271 e. The Morgan fingerprint density at radius 3 is 2.65 bits per heavy atom. The van der Waals surface area contributed by atoms with Crippen LogP contribution in [0.25, 0.3) is 11.0 Å². The Morgan fingerprint density at radius 2 is 1.88 bits per heavy atom. The minimum atomic E-state index is -0.444. The van der Waals surface area contributed by atoms with Crippen LogP contribution in [0.3, 0.4) is 0 Å². The zero-order chi connectivity index (χ0) is 23.5. The lowest BCUT2D eigenvalue weighted by molar-refractivity contribution is -0.384. The second kappa shape index (κ2) is 9.54. The summed E-state index contributed by atoms with van der Waals surface area (Å²) in [5, 5.41) is 17.6. The Labute approximate surface area is 196 Å². The molecule has 0 unspecified atom stereocenters. The molecule has 11 heteroatoms. The molecule has 176 valence electrons. The van der Waals surface area contributed by atoms with E-state index in [4.69, 9.17) is 0 Å². The van der Waals surface area contributed by atoms with Gasteiger partial charge < -0.3 is 15.5 Å². The van der Waals surface area contributed by atoms with Crippen LogP contribution in [-0.4, -0.2) is 54.8 Å². The van der Waals surface area contributed by atoms with Crippen LogP contribution in [0.4, 0.5) is 23.1 Å². The molecule has 11 nitrogen and oxygen atoms in total. The van der Waals surface area contributed by atoms with Crippen LogP contribution in [0.1, 0.15) is 38.5 Å².